The van der Waals surface area contributed by atoms with Crippen molar-refractivity contribution in [2.45, 2.75) is 4.34 Å². The summed E-state index contributed by atoms with van der Waals surface area (Å²) in [7, 11) is 0. The molecule has 0 amide bonds. The summed E-state index contributed by atoms with van der Waals surface area (Å²) in [4.78, 5) is 28.5. The standard InChI is InChI=1S/C16H11NO2S2/c18-14(11-6-2-1-3-7-11)10-20-16-17-13-9-5-4-8-12(13)15(19)21-16/h1-9H,10H2. The van der Waals surface area contributed by atoms with Gasteiger partial charge < -0.3 is 0 Å². The van der Waals surface area contributed by atoms with Gasteiger partial charge >= 0.3 is 0 Å². The molecular weight excluding hydrogens is 302 g/mol. The van der Waals surface area contributed by atoms with Crippen molar-refractivity contribution in [3.8, 4) is 0 Å². The van der Waals surface area contributed by atoms with Crippen molar-refractivity contribution in [2.24, 2.45) is 0 Å². The fraction of sp³-hybridized carbons (Fsp3) is 0.0625. The van der Waals surface area contributed by atoms with E-state index >= 15 is 0 Å². The van der Waals surface area contributed by atoms with Crippen LogP contribution in [-0.2, 0) is 0 Å². The molecule has 21 heavy (non-hydrogen) atoms. The Kier molecular flexibility index (Phi) is 4.13. The third-order valence-electron chi connectivity index (χ3n) is 2.94. The number of nitrogens with zero attached hydrogens (tertiary/aromatic N) is 1. The van der Waals surface area contributed by atoms with E-state index in [2.05, 4.69) is 4.98 Å². The number of para-hydroxylation sites is 1. The Morgan fingerprint density at radius 3 is 2.57 bits per heavy atom. The molecule has 0 N–H and O–H groups in total. The van der Waals surface area contributed by atoms with Gasteiger partial charge in [-0.15, -0.1) is 0 Å². The third-order valence-corrected chi connectivity index (χ3v) is 4.96. The normalized spacial score (nSPS) is 10.7. The van der Waals surface area contributed by atoms with Gasteiger partial charge in [-0.05, 0) is 12.1 Å². The van der Waals surface area contributed by atoms with E-state index in [4.69, 9.17) is 0 Å². The van der Waals surface area contributed by atoms with Crippen LogP contribution in [0.1, 0.15) is 10.4 Å². The van der Waals surface area contributed by atoms with Crippen molar-refractivity contribution in [1.82, 2.24) is 4.98 Å². The third kappa shape index (κ3) is 3.20. The molecule has 0 atom stereocenters. The van der Waals surface area contributed by atoms with Crippen molar-refractivity contribution < 1.29 is 4.79 Å². The maximum atomic E-state index is 12.0. The summed E-state index contributed by atoms with van der Waals surface area (Å²) in [5.41, 5.74) is 1.36. The van der Waals surface area contributed by atoms with E-state index in [-0.39, 0.29) is 16.3 Å². The van der Waals surface area contributed by atoms with Crippen molar-refractivity contribution in [3.05, 3.63) is 69.7 Å². The van der Waals surface area contributed by atoms with Gasteiger partial charge in [0.1, 0.15) is 0 Å². The molecule has 3 rings (SSSR count). The van der Waals surface area contributed by atoms with Crippen LogP contribution in [0.3, 0.4) is 0 Å². The average molecular weight is 313 g/mol. The minimum Gasteiger partial charge on any atom is -0.293 e. The molecule has 0 spiro atoms. The summed E-state index contributed by atoms with van der Waals surface area (Å²) < 4.78 is 0.609. The summed E-state index contributed by atoms with van der Waals surface area (Å²) >= 11 is 2.40. The number of fused-ring (bicyclic) bond motifs is 1. The second-order valence-electron chi connectivity index (χ2n) is 4.36. The van der Waals surface area contributed by atoms with Crippen molar-refractivity contribution in [2.75, 3.05) is 5.75 Å². The molecule has 3 aromatic rings. The average Bonchev–Trinajstić information content (AvgIpc) is 2.53. The van der Waals surface area contributed by atoms with Crippen molar-refractivity contribution >= 4 is 39.8 Å². The second kappa shape index (κ2) is 6.20. The summed E-state index contributed by atoms with van der Waals surface area (Å²) in [5, 5.41) is 0.626. The number of hydrogen-bond acceptors (Lipinski definition) is 5. The Morgan fingerprint density at radius 1 is 1.05 bits per heavy atom. The van der Waals surface area contributed by atoms with E-state index in [1.165, 1.54) is 11.8 Å². The molecule has 0 bridgehead atoms. The van der Waals surface area contributed by atoms with Crippen LogP contribution in [0, 0.1) is 0 Å². The predicted octanol–water partition coefficient (Wildman–Crippen LogP) is 3.63. The van der Waals surface area contributed by atoms with Gasteiger partial charge in [-0.3, -0.25) is 9.59 Å². The first-order valence-corrected chi connectivity index (χ1v) is 8.15. The monoisotopic (exact) mass is 313 g/mol. The summed E-state index contributed by atoms with van der Waals surface area (Å²) in [6, 6.07) is 16.4. The molecule has 0 fully saturated rings. The molecular formula is C16H11NO2S2. The molecule has 0 aliphatic carbocycles. The molecule has 0 aliphatic rings. The van der Waals surface area contributed by atoms with E-state index in [1.807, 2.05) is 36.4 Å². The number of rotatable bonds is 4. The molecule has 1 heterocycles. The molecule has 1 aromatic heterocycles. The lowest BCUT2D eigenvalue weighted by Crippen LogP contribution is -2.03. The molecule has 0 unspecified atom stereocenters. The Hall–Kier alpha value is -1.98. The molecule has 0 saturated heterocycles. The van der Waals surface area contributed by atoms with Crippen molar-refractivity contribution in [1.29, 1.82) is 0 Å². The highest BCUT2D eigenvalue weighted by molar-refractivity contribution is 8.01. The summed E-state index contributed by atoms with van der Waals surface area (Å²) in [6.07, 6.45) is 0. The maximum absolute atomic E-state index is 12.0. The van der Waals surface area contributed by atoms with E-state index in [9.17, 15) is 9.59 Å². The number of hydrogen-bond donors (Lipinski definition) is 0. The van der Waals surface area contributed by atoms with Crippen LogP contribution in [0.15, 0.2) is 63.7 Å². The Bertz CT molecular complexity index is 844. The zero-order valence-electron chi connectivity index (χ0n) is 11.0. The molecule has 0 saturated carbocycles. The molecule has 2 aromatic carbocycles. The zero-order valence-corrected chi connectivity index (χ0v) is 12.6. The van der Waals surface area contributed by atoms with Crippen LogP contribution < -0.4 is 4.74 Å². The molecule has 104 valence electrons. The van der Waals surface area contributed by atoms with Gasteiger partial charge in [-0.25, -0.2) is 4.98 Å². The zero-order chi connectivity index (χ0) is 14.7. The van der Waals surface area contributed by atoms with Gasteiger partial charge in [-0.2, -0.15) is 0 Å². The number of carbonyl (C=O) groups is 1. The molecule has 3 nitrogen and oxygen atoms in total. The number of ketones is 1. The predicted molar refractivity (Wildman–Crippen MR) is 87.4 cm³/mol. The van der Waals surface area contributed by atoms with Crippen LogP contribution in [0.2, 0.25) is 0 Å². The van der Waals surface area contributed by atoms with Crippen LogP contribution >= 0.6 is 23.1 Å². The van der Waals surface area contributed by atoms with Gasteiger partial charge in [0.25, 0.3) is 0 Å². The first-order chi connectivity index (χ1) is 10.2. The summed E-state index contributed by atoms with van der Waals surface area (Å²) in [6.45, 7) is 0. The van der Waals surface area contributed by atoms with Gasteiger partial charge in [0, 0.05) is 5.56 Å². The lowest BCUT2D eigenvalue weighted by Gasteiger charge is -2.01. The Balaban J connectivity index is 1.80. The number of benzene rings is 2. The lowest BCUT2D eigenvalue weighted by molar-refractivity contribution is 0.102. The van der Waals surface area contributed by atoms with Crippen LogP contribution in [0.4, 0.5) is 0 Å². The van der Waals surface area contributed by atoms with Gasteiger partial charge in [0.05, 0.1) is 16.7 Å². The minimum absolute atomic E-state index is 0.0183. The second-order valence-corrected chi connectivity index (χ2v) is 6.55. The van der Waals surface area contributed by atoms with Crippen LogP contribution in [-0.4, -0.2) is 16.5 Å². The smallest absolute Gasteiger partial charge is 0.244 e. The Labute approximate surface area is 129 Å². The largest absolute Gasteiger partial charge is 0.293 e. The lowest BCUT2D eigenvalue weighted by atomic mass is 10.2. The molecule has 0 radical (unpaired) electrons. The van der Waals surface area contributed by atoms with E-state index in [0.29, 0.717) is 20.8 Å². The minimum atomic E-state index is -0.0183. The van der Waals surface area contributed by atoms with E-state index in [1.54, 1.807) is 18.2 Å². The number of Topliss-reactive ketones (excluding diaryl/α,β-unsaturated/α-hetero) is 1. The highest BCUT2D eigenvalue weighted by atomic mass is 32.2. The van der Waals surface area contributed by atoms with Crippen molar-refractivity contribution in [3.63, 3.8) is 0 Å². The molecule has 0 aliphatic heterocycles. The van der Waals surface area contributed by atoms with Gasteiger partial charge in [0.15, 0.2) is 10.1 Å². The maximum Gasteiger partial charge on any atom is 0.244 e. The van der Waals surface area contributed by atoms with E-state index in [0.717, 1.165) is 11.3 Å². The highest BCUT2D eigenvalue weighted by Crippen LogP contribution is 2.22. The number of thioether (sulfide) groups is 1. The first-order valence-electron chi connectivity index (χ1n) is 6.35. The topological polar surface area (TPSA) is 47.0 Å². The first kappa shape index (κ1) is 14.0. The van der Waals surface area contributed by atoms with Gasteiger partial charge in [0.2, 0.25) is 4.74 Å². The fourth-order valence-electron chi connectivity index (χ4n) is 1.90. The highest BCUT2D eigenvalue weighted by Gasteiger charge is 2.09. The quantitative estimate of drug-likeness (QED) is 0.545. The van der Waals surface area contributed by atoms with Crippen LogP contribution in [0.5, 0.6) is 0 Å². The van der Waals surface area contributed by atoms with Crippen LogP contribution in [0.25, 0.3) is 10.9 Å². The van der Waals surface area contributed by atoms with Gasteiger partial charge in [-0.1, -0.05) is 65.6 Å². The Morgan fingerprint density at radius 2 is 1.76 bits per heavy atom. The fourth-order valence-corrected chi connectivity index (χ4v) is 3.70. The summed E-state index contributed by atoms with van der Waals surface area (Å²) in [5.74, 6) is 0.320. The SMILES string of the molecule is O=C(CSc1nc2ccccc2c(=O)s1)c1ccccc1. The number of aromatic nitrogens is 1. The molecule has 5 heteroatoms. The van der Waals surface area contributed by atoms with E-state index < -0.39 is 0 Å². The number of carbonyl (C=O) groups excluding carboxylic acids is 1.